The normalized spacial score (nSPS) is 20.1. The third kappa shape index (κ3) is 6.43. The number of methoxy groups -OCH3 is 1. The van der Waals surface area contributed by atoms with Crippen molar-refractivity contribution in [1.29, 1.82) is 0 Å². The first kappa shape index (κ1) is 23.5. The van der Waals surface area contributed by atoms with Gasteiger partial charge < -0.3 is 30.3 Å². The maximum atomic E-state index is 13.2. The van der Waals surface area contributed by atoms with Crippen molar-refractivity contribution >= 4 is 23.8 Å². The van der Waals surface area contributed by atoms with E-state index in [1.807, 2.05) is 30.3 Å². The molecule has 2 heterocycles. The summed E-state index contributed by atoms with van der Waals surface area (Å²) >= 11 is 0. The van der Waals surface area contributed by atoms with Gasteiger partial charge in [-0.3, -0.25) is 9.59 Å². The minimum absolute atomic E-state index is 0.139. The number of nitrogens with zero attached hydrogens (tertiary/aromatic N) is 1. The summed E-state index contributed by atoms with van der Waals surface area (Å²) in [6.07, 6.45) is 0.976. The van der Waals surface area contributed by atoms with Gasteiger partial charge in [0, 0.05) is 32.0 Å². The predicted molar refractivity (Wildman–Crippen MR) is 115 cm³/mol. The molecule has 3 rings (SSSR count). The minimum atomic E-state index is -0.986. The molecule has 0 radical (unpaired) electrons. The summed E-state index contributed by atoms with van der Waals surface area (Å²) < 4.78 is 10.1. The van der Waals surface area contributed by atoms with Crippen LogP contribution < -0.4 is 16.0 Å². The molecule has 2 fully saturated rings. The average Bonchev–Trinajstić information content (AvgIpc) is 3.23. The summed E-state index contributed by atoms with van der Waals surface area (Å²) in [5.74, 6) is -1.66. The Kier molecular flexibility index (Phi) is 8.43. The molecule has 32 heavy (non-hydrogen) atoms. The molecule has 174 valence electrons. The number of esters is 1. The lowest BCUT2D eigenvalue weighted by atomic mass is 9.97. The van der Waals surface area contributed by atoms with Crippen molar-refractivity contribution in [3.05, 3.63) is 35.9 Å². The third-order valence-electron chi connectivity index (χ3n) is 5.68. The molecular formula is C22H30N4O6. The molecule has 2 saturated heterocycles. The number of carbonyl (C=O) groups is 4. The van der Waals surface area contributed by atoms with E-state index in [4.69, 9.17) is 9.47 Å². The molecule has 1 aromatic rings. The van der Waals surface area contributed by atoms with Gasteiger partial charge in [-0.2, -0.15) is 0 Å². The van der Waals surface area contributed by atoms with Crippen molar-refractivity contribution in [3.63, 3.8) is 0 Å². The summed E-state index contributed by atoms with van der Waals surface area (Å²) in [6, 6.07) is 7.04. The summed E-state index contributed by atoms with van der Waals surface area (Å²) in [5, 5.41) is 8.21. The maximum Gasteiger partial charge on any atom is 0.328 e. The van der Waals surface area contributed by atoms with Crippen molar-refractivity contribution in [2.24, 2.45) is 5.92 Å². The highest BCUT2D eigenvalue weighted by Crippen LogP contribution is 2.17. The summed E-state index contributed by atoms with van der Waals surface area (Å²) in [4.78, 5) is 51.8. The first-order chi connectivity index (χ1) is 15.5. The van der Waals surface area contributed by atoms with E-state index in [0.29, 0.717) is 39.3 Å². The van der Waals surface area contributed by atoms with E-state index in [0.717, 1.165) is 5.56 Å². The Bertz CT molecular complexity index is 812. The van der Waals surface area contributed by atoms with E-state index in [1.165, 1.54) is 7.11 Å². The summed E-state index contributed by atoms with van der Waals surface area (Å²) in [7, 11) is 1.23. The molecule has 0 aliphatic carbocycles. The quantitative estimate of drug-likeness (QED) is 0.476. The number of ether oxygens (including phenoxy) is 2. The fourth-order valence-corrected chi connectivity index (χ4v) is 3.85. The number of morpholine rings is 1. The standard InChI is InChI=1S/C22H30N4O6/c1-31-21(29)18(14-16-7-8-23-19(16)27)24-20(28)17(13-15-5-3-2-4-6-15)25-22(30)26-9-11-32-12-10-26/h2-6,16-18H,7-14H2,1H3,(H,23,27)(H,24,28)(H,25,30)/t16?,17-,18-/m0/s1. The third-order valence-corrected chi connectivity index (χ3v) is 5.68. The van der Waals surface area contributed by atoms with Crippen LogP contribution in [0, 0.1) is 5.92 Å². The largest absolute Gasteiger partial charge is 0.467 e. The van der Waals surface area contributed by atoms with Gasteiger partial charge in [-0.05, 0) is 18.4 Å². The van der Waals surface area contributed by atoms with E-state index < -0.39 is 24.0 Å². The molecule has 2 aliphatic heterocycles. The zero-order valence-electron chi connectivity index (χ0n) is 18.2. The first-order valence-corrected chi connectivity index (χ1v) is 10.8. The second-order valence-electron chi connectivity index (χ2n) is 7.89. The monoisotopic (exact) mass is 446 g/mol. The highest BCUT2D eigenvalue weighted by atomic mass is 16.5. The van der Waals surface area contributed by atoms with Crippen LogP contribution in [0.15, 0.2) is 30.3 Å². The van der Waals surface area contributed by atoms with Crippen molar-refractivity contribution < 1.29 is 28.7 Å². The SMILES string of the molecule is COC(=O)[C@H](CC1CCNC1=O)NC(=O)[C@H](Cc1ccccc1)NC(=O)N1CCOCC1. The van der Waals surface area contributed by atoms with Crippen LogP contribution in [0.2, 0.25) is 0 Å². The van der Waals surface area contributed by atoms with Gasteiger partial charge in [-0.1, -0.05) is 30.3 Å². The highest BCUT2D eigenvalue weighted by molar-refractivity contribution is 5.91. The molecule has 1 aromatic carbocycles. The molecule has 2 aliphatic rings. The van der Waals surface area contributed by atoms with E-state index in [9.17, 15) is 19.2 Å². The van der Waals surface area contributed by atoms with Gasteiger partial charge in [-0.15, -0.1) is 0 Å². The van der Waals surface area contributed by atoms with E-state index in [2.05, 4.69) is 16.0 Å². The Hall–Kier alpha value is -3.14. The van der Waals surface area contributed by atoms with Crippen LogP contribution in [0.4, 0.5) is 4.79 Å². The van der Waals surface area contributed by atoms with Crippen LogP contribution in [-0.2, 0) is 30.3 Å². The van der Waals surface area contributed by atoms with Crippen molar-refractivity contribution in [2.75, 3.05) is 40.0 Å². The number of benzene rings is 1. The van der Waals surface area contributed by atoms with Gasteiger partial charge in [0.25, 0.3) is 0 Å². The van der Waals surface area contributed by atoms with E-state index in [-0.39, 0.29) is 30.7 Å². The Morgan fingerprint density at radius 2 is 1.88 bits per heavy atom. The van der Waals surface area contributed by atoms with Gasteiger partial charge in [0.2, 0.25) is 11.8 Å². The van der Waals surface area contributed by atoms with Crippen LogP contribution in [0.25, 0.3) is 0 Å². The Morgan fingerprint density at radius 3 is 2.50 bits per heavy atom. The lowest BCUT2D eigenvalue weighted by Crippen LogP contribution is -2.56. The number of urea groups is 1. The fourth-order valence-electron chi connectivity index (χ4n) is 3.85. The van der Waals surface area contributed by atoms with Crippen molar-refractivity contribution in [1.82, 2.24) is 20.9 Å². The molecule has 3 atom stereocenters. The van der Waals surface area contributed by atoms with Gasteiger partial charge >= 0.3 is 12.0 Å². The van der Waals surface area contributed by atoms with Gasteiger partial charge in [-0.25, -0.2) is 9.59 Å². The van der Waals surface area contributed by atoms with Gasteiger partial charge in [0.05, 0.1) is 20.3 Å². The molecular weight excluding hydrogens is 416 g/mol. The molecule has 0 spiro atoms. The van der Waals surface area contributed by atoms with Crippen LogP contribution >= 0.6 is 0 Å². The molecule has 4 amide bonds. The first-order valence-electron chi connectivity index (χ1n) is 10.8. The Labute approximate surface area is 187 Å². The second kappa shape index (κ2) is 11.5. The molecule has 3 N–H and O–H groups in total. The number of hydrogen-bond acceptors (Lipinski definition) is 6. The average molecular weight is 447 g/mol. The van der Waals surface area contributed by atoms with Crippen LogP contribution in [0.3, 0.4) is 0 Å². The zero-order chi connectivity index (χ0) is 22.9. The van der Waals surface area contributed by atoms with Gasteiger partial charge in [0.15, 0.2) is 0 Å². The number of carbonyl (C=O) groups excluding carboxylic acids is 4. The van der Waals surface area contributed by atoms with E-state index in [1.54, 1.807) is 4.90 Å². The molecule has 10 heteroatoms. The van der Waals surface area contributed by atoms with Crippen LogP contribution in [0.5, 0.6) is 0 Å². The number of amides is 4. The lowest BCUT2D eigenvalue weighted by Gasteiger charge is -2.29. The zero-order valence-corrected chi connectivity index (χ0v) is 18.2. The number of nitrogens with one attached hydrogen (secondary N) is 3. The smallest absolute Gasteiger partial charge is 0.328 e. The highest BCUT2D eigenvalue weighted by Gasteiger charge is 2.34. The van der Waals surface area contributed by atoms with Crippen LogP contribution in [-0.4, -0.2) is 80.8 Å². The number of hydrogen-bond donors (Lipinski definition) is 3. The maximum absolute atomic E-state index is 13.2. The summed E-state index contributed by atoms with van der Waals surface area (Å²) in [5.41, 5.74) is 0.861. The Balaban J connectivity index is 1.71. The van der Waals surface area contributed by atoms with Gasteiger partial charge in [0.1, 0.15) is 12.1 Å². The fraction of sp³-hybridized carbons (Fsp3) is 0.545. The molecule has 0 saturated carbocycles. The lowest BCUT2D eigenvalue weighted by molar-refractivity contribution is -0.146. The molecule has 0 bridgehead atoms. The minimum Gasteiger partial charge on any atom is -0.467 e. The topological polar surface area (TPSA) is 126 Å². The van der Waals surface area contributed by atoms with E-state index >= 15 is 0 Å². The second-order valence-corrected chi connectivity index (χ2v) is 7.89. The predicted octanol–water partition coefficient (Wildman–Crippen LogP) is -0.176. The molecule has 10 nitrogen and oxygen atoms in total. The Morgan fingerprint density at radius 1 is 1.16 bits per heavy atom. The van der Waals surface area contributed by atoms with Crippen LogP contribution in [0.1, 0.15) is 18.4 Å². The summed E-state index contributed by atoms with van der Waals surface area (Å²) in [6.45, 7) is 2.30. The molecule has 1 unspecified atom stereocenters. The number of rotatable bonds is 8. The van der Waals surface area contributed by atoms with Crippen molar-refractivity contribution in [3.8, 4) is 0 Å². The molecule has 0 aromatic heterocycles. The van der Waals surface area contributed by atoms with Crippen molar-refractivity contribution in [2.45, 2.75) is 31.3 Å².